The molecule has 0 radical (unpaired) electrons. The molecule has 4 rings (SSSR count). The van der Waals surface area contributed by atoms with Gasteiger partial charge < -0.3 is 14.6 Å². The number of alkyl halides is 3. The summed E-state index contributed by atoms with van der Waals surface area (Å²) in [5, 5.41) is 22.2. The number of halogens is 3. The molecule has 1 fully saturated rings. The fraction of sp³-hybridized carbons (Fsp3) is 0.154. The summed E-state index contributed by atoms with van der Waals surface area (Å²) < 4.78 is 51.0. The Kier molecular flexibility index (Phi) is 6.81. The maximum Gasteiger partial charge on any atom is 0.416 e. The number of nitro benzene ring substituents is 1. The fourth-order valence-corrected chi connectivity index (χ4v) is 4.17. The van der Waals surface area contributed by atoms with Crippen LogP contribution in [-0.4, -0.2) is 35.9 Å². The van der Waals surface area contributed by atoms with E-state index in [-0.39, 0.29) is 28.3 Å². The molecule has 0 saturated carbocycles. The summed E-state index contributed by atoms with van der Waals surface area (Å²) >= 11 is 0. The molecule has 1 atom stereocenters. The van der Waals surface area contributed by atoms with Crippen molar-refractivity contribution in [3.05, 3.63) is 99.1 Å². The van der Waals surface area contributed by atoms with Crippen LogP contribution < -0.4 is 14.4 Å². The van der Waals surface area contributed by atoms with Crippen LogP contribution in [0.1, 0.15) is 22.7 Å². The average Bonchev–Trinajstić information content (AvgIpc) is 3.17. The Labute approximate surface area is 213 Å². The number of nitrogens with zero attached hydrogens (tertiary/aromatic N) is 2. The zero-order chi connectivity index (χ0) is 27.8. The van der Waals surface area contributed by atoms with Crippen LogP contribution in [0.4, 0.5) is 24.5 Å². The monoisotopic (exact) mass is 528 g/mol. The summed E-state index contributed by atoms with van der Waals surface area (Å²) in [6, 6.07) is 11.4. The minimum absolute atomic E-state index is 0.0184. The molecule has 1 heterocycles. The Balaban J connectivity index is 1.98. The van der Waals surface area contributed by atoms with Gasteiger partial charge in [-0.2, -0.15) is 13.2 Å². The number of methoxy groups -OCH3 is 2. The zero-order valence-electron chi connectivity index (χ0n) is 19.9. The number of hydrogen-bond acceptors (Lipinski definition) is 7. The van der Waals surface area contributed by atoms with Crippen LogP contribution in [-0.2, 0) is 15.8 Å². The zero-order valence-corrected chi connectivity index (χ0v) is 19.9. The molecule has 0 aliphatic carbocycles. The van der Waals surface area contributed by atoms with E-state index in [4.69, 9.17) is 9.47 Å². The first-order valence-electron chi connectivity index (χ1n) is 10.9. The highest BCUT2D eigenvalue weighted by Gasteiger charge is 2.48. The number of carbonyl (C=O) groups is 2. The van der Waals surface area contributed by atoms with Crippen molar-refractivity contribution in [2.45, 2.75) is 12.2 Å². The Bertz CT molecular complexity index is 1470. The normalized spacial score (nSPS) is 17.0. The number of aliphatic hydroxyl groups excluding tert-OH is 1. The van der Waals surface area contributed by atoms with Gasteiger partial charge in [-0.1, -0.05) is 6.07 Å². The molecule has 9 nitrogen and oxygen atoms in total. The first kappa shape index (κ1) is 26.2. The van der Waals surface area contributed by atoms with Gasteiger partial charge in [-0.3, -0.25) is 24.6 Å². The van der Waals surface area contributed by atoms with Crippen LogP contribution in [0, 0.1) is 10.1 Å². The maximum atomic E-state index is 13.5. The lowest BCUT2D eigenvalue weighted by Crippen LogP contribution is -2.30. The van der Waals surface area contributed by atoms with Crippen LogP contribution in [0.15, 0.2) is 72.3 Å². The number of benzene rings is 3. The van der Waals surface area contributed by atoms with Crippen molar-refractivity contribution in [2.24, 2.45) is 0 Å². The number of non-ortho nitro benzene ring substituents is 1. The summed E-state index contributed by atoms with van der Waals surface area (Å²) in [4.78, 5) is 37.7. The van der Waals surface area contributed by atoms with Crippen molar-refractivity contribution in [3.63, 3.8) is 0 Å². The van der Waals surface area contributed by atoms with Gasteiger partial charge in [0.1, 0.15) is 17.3 Å². The molecule has 1 amide bonds. The maximum absolute atomic E-state index is 13.5. The Morgan fingerprint density at radius 1 is 1.00 bits per heavy atom. The minimum atomic E-state index is -4.73. The van der Waals surface area contributed by atoms with Gasteiger partial charge >= 0.3 is 6.18 Å². The van der Waals surface area contributed by atoms with Crippen molar-refractivity contribution in [1.29, 1.82) is 0 Å². The van der Waals surface area contributed by atoms with E-state index in [9.17, 15) is 38.0 Å². The molecule has 0 aromatic heterocycles. The topological polar surface area (TPSA) is 119 Å². The molecule has 0 spiro atoms. The lowest BCUT2D eigenvalue weighted by atomic mass is 9.94. The van der Waals surface area contributed by atoms with Crippen molar-refractivity contribution in [3.8, 4) is 11.5 Å². The minimum Gasteiger partial charge on any atom is -0.507 e. The number of carbonyl (C=O) groups excluding carboxylic acids is 2. The van der Waals surface area contributed by atoms with E-state index in [1.807, 2.05) is 0 Å². The highest BCUT2D eigenvalue weighted by atomic mass is 19.4. The van der Waals surface area contributed by atoms with E-state index in [1.165, 1.54) is 50.6 Å². The van der Waals surface area contributed by atoms with Gasteiger partial charge in [0.25, 0.3) is 17.4 Å². The number of rotatable bonds is 6. The van der Waals surface area contributed by atoms with Crippen LogP contribution in [0.5, 0.6) is 11.5 Å². The van der Waals surface area contributed by atoms with Gasteiger partial charge in [0.05, 0.1) is 36.3 Å². The molecule has 196 valence electrons. The van der Waals surface area contributed by atoms with Crippen molar-refractivity contribution < 1.29 is 42.3 Å². The molecule has 1 unspecified atom stereocenters. The molecule has 1 aliphatic heterocycles. The first-order chi connectivity index (χ1) is 18.0. The van der Waals surface area contributed by atoms with Crippen LogP contribution in [0.25, 0.3) is 5.76 Å². The van der Waals surface area contributed by atoms with Crippen LogP contribution in [0.3, 0.4) is 0 Å². The second kappa shape index (κ2) is 9.88. The highest BCUT2D eigenvalue weighted by Crippen LogP contribution is 2.46. The molecule has 1 saturated heterocycles. The Morgan fingerprint density at radius 3 is 2.26 bits per heavy atom. The molecule has 0 bridgehead atoms. The van der Waals surface area contributed by atoms with Gasteiger partial charge in [-0.25, -0.2) is 0 Å². The van der Waals surface area contributed by atoms with E-state index in [0.29, 0.717) is 5.75 Å². The number of Topliss-reactive ketones (excluding diaryl/α,β-unsaturated/α-hetero) is 1. The standard InChI is InChI=1S/C26H19F3N2O7/c1-37-18-10-11-19(20(13-18)38-2)22-21(23(32)14-6-8-16(9-7-14)31(35)36)24(33)25(34)30(22)17-5-3-4-15(12-17)26(27,28)29/h3-13,22,32H,1-2H3/b23-21-. The van der Waals surface area contributed by atoms with E-state index in [2.05, 4.69) is 0 Å². The predicted octanol–water partition coefficient (Wildman–Crippen LogP) is 5.26. The van der Waals surface area contributed by atoms with Crippen molar-refractivity contribution in [1.82, 2.24) is 0 Å². The number of aliphatic hydroxyl groups is 1. The third-order valence-corrected chi connectivity index (χ3v) is 5.98. The van der Waals surface area contributed by atoms with Crippen molar-refractivity contribution in [2.75, 3.05) is 19.1 Å². The smallest absolute Gasteiger partial charge is 0.416 e. The highest BCUT2D eigenvalue weighted by molar-refractivity contribution is 6.51. The summed E-state index contributed by atoms with van der Waals surface area (Å²) in [5.74, 6) is -2.53. The number of anilines is 1. The van der Waals surface area contributed by atoms with E-state index in [0.717, 1.165) is 35.2 Å². The fourth-order valence-electron chi connectivity index (χ4n) is 4.17. The third kappa shape index (κ3) is 4.63. The SMILES string of the molecule is COc1ccc(C2/C(=C(/O)c3ccc([N+](=O)[O-])cc3)C(=O)C(=O)N2c2cccc(C(F)(F)F)c2)c(OC)c1. The van der Waals surface area contributed by atoms with E-state index >= 15 is 0 Å². The second-order valence-electron chi connectivity index (χ2n) is 8.13. The molecule has 3 aromatic rings. The Hall–Kier alpha value is -4.87. The van der Waals surface area contributed by atoms with Gasteiger partial charge in [0, 0.05) is 35.0 Å². The lowest BCUT2D eigenvalue weighted by molar-refractivity contribution is -0.384. The molecule has 3 aromatic carbocycles. The van der Waals surface area contributed by atoms with Crippen molar-refractivity contribution >= 4 is 28.8 Å². The lowest BCUT2D eigenvalue weighted by Gasteiger charge is -2.27. The summed E-state index contributed by atoms with van der Waals surface area (Å²) in [5.41, 5.74) is -1.85. The molecule has 12 heteroatoms. The molecule has 1 N–H and O–H groups in total. The predicted molar refractivity (Wildman–Crippen MR) is 129 cm³/mol. The summed E-state index contributed by atoms with van der Waals surface area (Å²) in [6.07, 6.45) is -4.73. The number of hydrogen-bond donors (Lipinski definition) is 1. The quantitative estimate of drug-likeness (QED) is 0.152. The molecular formula is C26H19F3N2O7. The number of nitro groups is 1. The molecular weight excluding hydrogens is 509 g/mol. The molecule has 1 aliphatic rings. The van der Waals surface area contributed by atoms with Gasteiger partial charge in [0.15, 0.2) is 0 Å². The number of amides is 1. The average molecular weight is 528 g/mol. The number of ketones is 1. The van der Waals surface area contributed by atoms with Gasteiger partial charge in [-0.05, 0) is 42.5 Å². The summed E-state index contributed by atoms with van der Waals surface area (Å²) in [6.45, 7) is 0. The Morgan fingerprint density at radius 2 is 1.68 bits per heavy atom. The van der Waals surface area contributed by atoms with Gasteiger partial charge in [0.2, 0.25) is 0 Å². The van der Waals surface area contributed by atoms with Gasteiger partial charge in [-0.15, -0.1) is 0 Å². The molecule has 38 heavy (non-hydrogen) atoms. The van der Waals surface area contributed by atoms with Crippen LogP contribution >= 0.6 is 0 Å². The largest absolute Gasteiger partial charge is 0.507 e. The first-order valence-corrected chi connectivity index (χ1v) is 10.9. The number of ether oxygens (including phenoxy) is 2. The van der Waals surface area contributed by atoms with E-state index < -0.39 is 45.7 Å². The van der Waals surface area contributed by atoms with Crippen LogP contribution in [0.2, 0.25) is 0 Å². The third-order valence-electron chi connectivity index (χ3n) is 5.98. The summed E-state index contributed by atoms with van der Waals surface area (Å²) in [7, 11) is 2.71. The van der Waals surface area contributed by atoms with E-state index in [1.54, 1.807) is 0 Å². The second-order valence-corrected chi connectivity index (χ2v) is 8.13.